The Morgan fingerprint density at radius 3 is 2.64 bits per heavy atom. The van der Waals surface area contributed by atoms with Gasteiger partial charge < -0.3 is 19.5 Å². The van der Waals surface area contributed by atoms with E-state index in [1.54, 1.807) is 11.1 Å². The zero-order valence-electron chi connectivity index (χ0n) is 21.8. The van der Waals surface area contributed by atoms with E-state index in [9.17, 15) is 13.2 Å². The number of benzene rings is 1. The molecule has 1 aliphatic carbocycles. The second-order valence-corrected chi connectivity index (χ2v) is 12.4. The van der Waals surface area contributed by atoms with Gasteiger partial charge in [-0.05, 0) is 52.0 Å². The predicted molar refractivity (Wildman–Crippen MR) is 139 cm³/mol. The van der Waals surface area contributed by atoms with E-state index in [1.807, 2.05) is 49.6 Å². The van der Waals surface area contributed by atoms with E-state index in [0.717, 1.165) is 61.8 Å². The Morgan fingerprint density at radius 1 is 1.19 bits per heavy atom. The highest BCUT2D eigenvalue weighted by Gasteiger charge is 2.31. The first kappa shape index (κ1) is 26.7. The number of sulfone groups is 1. The smallest absolute Gasteiger partial charge is 0.318 e. The van der Waals surface area contributed by atoms with Gasteiger partial charge in [-0.15, -0.1) is 0 Å². The van der Waals surface area contributed by atoms with Crippen molar-refractivity contribution in [1.82, 2.24) is 19.8 Å². The zero-order valence-corrected chi connectivity index (χ0v) is 22.6. The molecule has 1 aliphatic heterocycles. The van der Waals surface area contributed by atoms with Crippen LogP contribution >= 0.6 is 0 Å². The molecule has 4 rings (SSSR count). The Bertz CT molecular complexity index is 1130. The van der Waals surface area contributed by atoms with Crippen molar-refractivity contribution in [3.05, 3.63) is 47.3 Å². The van der Waals surface area contributed by atoms with Crippen molar-refractivity contribution in [3.8, 4) is 0 Å². The lowest BCUT2D eigenvalue weighted by molar-refractivity contribution is 0.0782. The van der Waals surface area contributed by atoms with Crippen LogP contribution in [0, 0.1) is 6.92 Å². The molecule has 2 aliphatic rings. The molecule has 2 heterocycles. The molecule has 1 aromatic heterocycles. The average Bonchev–Trinajstić information content (AvgIpc) is 3.49. The zero-order chi connectivity index (χ0) is 25.7. The summed E-state index contributed by atoms with van der Waals surface area (Å²) in [5, 5.41) is 3.11. The van der Waals surface area contributed by atoms with E-state index in [0.29, 0.717) is 19.7 Å². The van der Waals surface area contributed by atoms with Crippen LogP contribution in [0.4, 0.5) is 4.79 Å². The molecular weight excluding hydrogens is 476 g/mol. The minimum absolute atomic E-state index is 0.00140. The quantitative estimate of drug-likeness (QED) is 0.518. The normalized spacial score (nSPS) is 19.1. The maximum Gasteiger partial charge on any atom is 0.318 e. The number of aromatic nitrogens is 2. The highest BCUT2D eigenvalue weighted by molar-refractivity contribution is 7.90. The molecule has 2 aromatic rings. The summed E-state index contributed by atoms with van der Waals surface area (Å²) < 4.78 is 35.0. The van der Waals surface area contributed by atoms with Gasteiger partial charge in [-0.25, -0.2) is 18.2 Å². The van der Waals surface area contributed by atoms with Crippen molar-refractivity contribution in [2.75, 3.05) is 13.2 Å². The lowest BCUT2D eigenvalue weighted by Gasteiger charge is -2.30. The van der Waals surface area contributed by atoms with Gasteiger partial charge in [-0.3, -0.25) is 0 Å². The number of hydrogen-bond acceptors (Lipinski definition) is 5. The first-order valence-corrected chi connectivity index (χ1v) is 14.9. The van der Waals surface area contributed by atoms with Crippen LogP contribution in [-0.2, 0) is 26.9 Å². The number of carbonyl (C=O) groups excluding carboxylic acids is 1. The van der Waals surface area contributed by atoms with Crippen LogP contribution in [0.2, 0.25) is 0 Å². The Kier molecular flexibility index (Phi) is 8.72. The predicted octanol–water partition coefficient (Wildman–Crippen LogP) is 4.77. The summed E-state index contributed by atoms with van der Waals surface area (Å²) in [6.07, 6.45) is 8.69. The summed E-state index contributed by atoms with van der Waals surface area (Å²) in [7, 11) is -3.68. The molecule has 0 bridgehead atoms. The van der Waals surface area contributed by atoms with Gasteiger partial charge in [-0.1, -0.05) is 49.1 Å². The van der Waals surface area contributed by atoms with E-state index >= 15 is 0 Å². The lowest BCUT2D eigenvalue weighted by atomic mass is 9.95. The number of nitrogens with one attached hydrogen (secondary N) is 1. The van der Waals surface area contributed by atoms with Gasteiger partial charge in [0.2, 0.25) is 15.0 Å². The fraction of sp³-hybridized carbons (Fsp3) is 0.630. The molecule has 2 fully saturated rings. The van der Waals surface area contributed by atoms with Crippen molar-refractivity contribution in [1.29, 1.82) is 0 Å². The number of aryl methyl sites for hydroxylation is 1. The fourth-order valence-electron chi connectivity index (χ4n) is 5.33. The summed E-state index contributed by atoms with van der Waals surface area (Å²) in [5.74, 6) is -0.0919. The maximum atomic E-state index is 13.6. The highest BCUT2D eigenvalue weighted by Crippen LogP contribution is 2.33. The Morgan fingerprint density at radius 2 is 1.97 bits per heavy atom. The van der Waals surface area contributed by atoms with Crippen LogP contribution in [-0.4, -0.2) is 54.2 Å². The number of urea groups is 1. The summed E-state index contributed by atoms with van der Waals surface area (Å²) in [6.45, 7) is 7.31. The number of amides is 2. The first-order chi connectivity index (χ1) is 17.2. The number of carbonyl (C=O) groups is 1. The fourth-order valence-corrected chi connectivity index (χ4v) is 6.85. The third-order valence-electron chi connectivity index (χ3n) is 7.00. The largest absolute Gasteiger partial charge is 0.376 e. The number of nitrogens with zero attached hydrogens (tertiary/aromatic N) is 3. The standard InChI is InChI=1S/C27H40N4O4S/c1-20(2)29-26(32)30(18-25-13-8-14-35-25)17-24-16-28-27(31(24)23-11-5-4-6-12-23)36(33,34)19-22-10-7-9-21(3)15-22/h7,9-10,15-16,20,23,25H,4-6,8,11-14,17-19H2,1-3H3,(H,29,32)/t25-/m1/s1. The molecule has 1 aromatic carbocycles. The monoisotopic (exact) mass is 516 g/mol. The van der Waals surface area contributed by atoms with Crippen molar-refractivity contribution in [2.45, 2.75) is 101 Å². The molecule has 9 heteroatoms. The van der Waals surface area contributed by atoms with E-state index in [-0.39, 0.29) is 35.1 Å². The van der Waals surface area contributed by atoms with Crippen molar-refractivity contribution < 1.29 is 17.9 Å². The van der Waals surface area contributed by atoms with E-state index in [2.05, 4.69) is 10.3 Å². The SMILES string of the molecule is Cc1cccc(CS(=O)(=O)c2ncc(CN(C[C@H]3CCCO3)C(=O)NC(C)C)n2C2CCCCC2)c1. The van der Waals surface area contributed by atoms with E-state index in [4.69, 9.17) is 4.74 Å². The minimum Gasteiger partial charge on any atom is -0.376 e. The lowest BCUT2D eigenvalue weighted by Crippen LogP contribution is -2.46. The second-order valence-electron chi connectivity index (χ2n) is 10.6. The third kappa shape index (κ3) is 6.68. The molecule has 198 valence electrons. The summed E-state index contributed by atoms with van der Waals surface area (Å²) >= 11 is 0. The second kappa shape index (κ2) is 11.8. The maximum absolute atomic E-state index is 13.6. The van der Waals surface area contributed by atoms with Gasteiger partial charge >= 0.3 is 6.03 Å². The first-order valence-electron chi connectivity index (χ1n) is 13.2. The van der Waals surface area contributed by atoms with Crippen LogP contribution in [0.3, 0.4) is 0 Å². The molecular formula is C27H40N4O4S. The Balaban J connectivity index is 1.66. The molecule has 8 nitrogen and oxygen atoms in total. The summed E-state index contributed by atoms with van der Waals surface area (Å²) in [6, 6.07) is 7.50. The van der Waals surface area contributed by atoms with Crippen molar-refractivity contribution in [3.63, 3.8) is 0 Å². The molecule has 0 radical (unpaired) electrons. The van der Waals surface area contributed by atoms with Gasteiger partial charge in [0.1, 0.15) is 0 Å². The number of imidazole rings is 1. The number of hydrogen-bond donors (Lipinski definition) is 1. The van der Waals surface area contributed by atoms with E-state index < -0.39 is 9.84 Å². The summed E-state index contributed by atoms with van der Waals surface area (Å²) in [5.41, 5.74) is 2.55. The third-order valence-corrected chi connectivity index (χ3v) is 8.57. The molecule has 0 spiro atoms. The van der Waals surface area contributed by atoms with Crippen molar-refractivity contribution in [2.24, 2.45) is 0 Å². The molecule has 1 saturated heterocycles. The van der Waals surface area contributed by atoms with Gasteiger partial charge in [0, 0.05) is 25.2 Å². The van der Waals surface area contributed by atoms with E-state index in [1.165, 1.54) is 0 Å². The van der Waals surface area contributed by atoms with Crippen LogP contribution in [0.15, 0.2) is 35.6 Å². The molecule has 36 heavy (non-hydrogen) atoms. The minimum atomic E-state index is -3.68. The molecule has 2 amide bonds. The van der Waals surface area contributed by atoms with Gasteiger partial charge in [0.05, 0.1) is 30.3 Å². The van der Waals surface area contributed by atoms with Gasteiger partial charge in [-0.2, -0.15) is 0 Å². The molecule has 1 saturated carbocycles. The van der Waals surface area contributed by atoms with Gasteiger partial charge in [0.25, 0.3) is 0 Å². The van der Waals surface area contributed by atoms with Crippen LogP contribution in [0.25, 0.3) is 0 Å². The van der Waals surface area contributed by atoms with Crippen LogP contribution in [0.5, 0.6) is 0 Å². The van der Waals surface area contributed by atoms with Gasteiger partial charge in [0.15, 0.2) is 0 Å². The average molecular weight is 517 g/mol. The van der Waals surface area contributed by atoms with Crippen molar-refractivity contribution >= 4 is 15.9 Å². The molecule has 1 N–H and O–H groups in total. The van der Waals surface area contributed by atoms with Crippen LogP contribution < -0.4 is 5.32 Å². The number of ether oxygens (including phenoxy) is 1. The van der Waals surface area contributed by atoms with Crippen LogP contribution in [0.1, 0.15) is 81.7 Å². The Hall–Kier alpha value is -2.39. The molecule has 0 unspecified atom stereocenters. The number of rotatable bonds is 9. The highest BCUT2D eigenvalue weighted by atomic mass is 32.2. The Labute approximate surface area is 215 Å². The molecule has 1 atom stereocenters. The topological polar surface area (TPSA) is 93.5 Å². The summed E-state index contributed by atoms with van der Waals surface area (Å²) in [4.78, 5) is 19.3.